The number of rotatable bonds is 5. The molecule has 5 unspecified atom stereocenters. The van der Waals surface area contributed by atoms with Gasteiger partial charge in [-0.15, -0.1) is 0 Å². The fourth-order valence-electron chi connectivity index (χ4n) is 3.14. The van der Waals surface area contributed by atoms with Crippen LogP contribution in [0.4, 0.5) is 0 Å². The maximum absolute atomic E-state index is 6.20. The van der Waals surface area contributed by atoms with E-state index in [1.807, 2.05) is 0 Å². The molecule has 1 heteroatoms. The first kappa shape index (κ1) is 14.8. The van der Waals surface area contributed by atoms with Gasteiger partial charge in [0.05, 0.1) is 0 Å². The predicted molar refractivity (Wildman–Crippen MR) is 76.9 cm³/mol. The molecule has 0 radical (unpaired) electrons. The summed E-state index contributed by atoms with van der Waals surface area (Å²) in [5.74, 6) is 2.90. The summed E-state index contributed by atoms with van der Waals surface area (Å²) in [4.78, 5) is 0. The van der Waals surface area contributed by atoms with E-state index in [0.29, 0.717) is 12.0 Å². The van der Waals surface area contributed by atoms with Crippen molar-refractivity contribution in [2.45, 2.75) is 65.8 Å². The fourth-order valence-corrected chi connectivity index (χ4v) is 3.14. The Morgan fingerprint density at radius 3 is 2.59 bits per heavy atom. The topological polar surface area (TPSA) is 26.0 Å². The summed E-state index contributed by atoms with van der Waals surface area (Å²) in [6.07, 6.45) is 11.3. The van der Waals surface area contributed by atoms with Crippen molar-refractivity contribution < 1.29 is 0 Å². The molecule has 100 valence electrons. The van der Waals surface area contributed by atoms with E-state index < -0.39 is 0 Å². The molecule has 1 nitrogen and oxygen atoms in total. The molecule has 0 aromatic heterocycles. The van der Waals surface area contributed by atoms with Crippen molar-refractivity contribution >= 4 is 0 Å². The van der Waals surface area contributed by atoms with E-state index in [2.05, 4.69) is 39.8 Å². The lowest BCUT2D eigenvalue weighted by Gasteiger charge is -2.32. The van der Waals surface area contributed by atoms with Gasteiger partial charge in [0.2, 0.25) is 0 Å². The van der Waals surface area contributed by atoms with Crippen molar-refractivity contribution in [2.75, 3.05) is 0 Å². The fraction of sp³-hybridized carbons (Fsp3) is 0.875. The molecule has 0 amide bonds. The van der Waals surface area contributed by atoms with Gasteiger partial charge in [-0.05, 0) is 30.1 Å². The average molecular weight is 237 g/mol. The summed E-state index contributed by atoms with van der Waals surface area (Å²) in [6, 6.07) is 0.356. The Morgan fingerprint density at radius 2 is 1.94 bits per heavy atom. The quantitative estimate of drug-likeness (QED) is 0.557. The Labute approximate surface area is 108 Å². The number of unbranched alkanes of at least 4 members (excludes halogenated alkanes) is 2. The molecule has 0 aromatic carbocycles. The monoisotopic (exact) mass is 237 g/mol. The van der Waals surface area contributed by atoms with E-state index in [0.717, 1.165) is 24.2 Å². The maximum Gasteiger partial charge on any atom is 0.0102 e. The predicted octanol–water partition coefficient (Wildman–Crippen LogP) is 4.38. The van der Waals surface area contributed by atoms with Crippen LogP contribution in [0.25, 0.3) is 0 Å². The molecule has 0 saturated heterocycles. The first-order valence-electron chi connectivity index (χ1n) is 7.50. The summed E-state index contributed by atoms with van der Waals surface area (Å²) in [5, 5.41) is 0. The van der Waals surface area contributed by atoms with E-state index >= 15 is 0 Å². The van der Waals surface area contributed by atoms with E-state index in [1.165, 1.54) is 25.7 Å². The second kappa shape index (κ2) is 7.20. The molecule has 1 aliphatic carbocycles. The summed E-state index contributed by atoms with van der Waals surface area (Å²) in [6.45, 7) is 9.42. The van der Waals surface area contributed by atoms with Crippen molar-refractivity contribution in [1.82, 2.24) is 0 Å². The van der Waals surface area contributed by atoms with E-state index in [-0.39, 0.29) is 0 Å². The average Bonchev–Trinajstić information content (AvgIpc) is 2.43. The molecule has 0 saturated carbocycles. The number of nitrogens with two attached hydrogens (primary N) is 1. The molecule has 1 aliphatic rings. The zero-order chi connectivity index (χ0) is 12.8. The van der Waals surface area contributed by atoms with Crippen molar-refractivity contribution in [1.29, 1.82) is 0 Å². The lowest BCUT2D eigenvalue weighted by atomic mass is 9.74. The highest BCUT2D eigenvalue weighted by molar-refractivity contribution is 5.01. The van der Waals surface area contributed by atoms with Crippen molar-refractivity contribution in [3.05, 3.63) is 12.2 Å². The van der Waals surface area contributed by atoms with Gasteiger partial charge in [-0.1, -0.05) is 65.5 Å². The number of hydrogen-bond donors (Lipinski definition) is 1. The van der Waals surface area contributed by atoms with Crippen LogP contribution in [0.1, 0.15) is 59.8 Å². The lowest BCUT2D eigenvalue weighted by molar-refractivity contribution is 0.213. The lowest BCUT2D eigenvalue weighted by Crippen LogP contribution is -2.34. The van der Waals surface area contributed by atoms with Crippen LogP contribution in [-0.4, -0.2) is 6.04 Å². The van der Waals surface area contributed by atoms with Gasteiger partial charge >= 0.3 is 0 Å². The SMILES string of the molecule is CCCCCC(C)C1C=CCC(N)C(C)C1C. The molecule has 0 aromatic rings. The van der Waals surface area contributed by atoms with Gasteiger partial charge in [0.1, 0.15) is 0 Å². The van der Waals surface area contributed by atoms with Gasteiger partial charge in [0.25, 0.3) is 0 Å². The van der Waals surface area contributed by atoms with E-state index in [1.54, 1.807) is 0 Å². The summed E-state index contributed by atoms with van der Waals surface area (Å²) >= 11 is 0. The zero-order valence-corrected chi connectivity index (χ0v) is 12.2. The standard InChI is InChI=1S/C16H31N/c1-5-6-7-9-12(2)15-10-8-11-16(17)14(4)13(15)3/h8,10,12-16H,5-7,9,11,17H2,1-4H3. The van der Waals surface area contributed by atoms with Gasteiger partial charge in [-0.3, -0.25) is 0 Å². The second-order valence-corrected chi connectivity index (χ2v) is 6.10. The van der Waals surface area contributed by atoms with Crippen molar-refractivity contribution in [3.63, 3.8) is 0 Å². The molecule has 0 aliphatic heterocycles. The highest BCUT2D eigenvalue weighted by atomic mass is 14.7. The largest absolute Gasteiger partial charge is 0.327 e. The van der Waals surface area contributed by atoms with Crippen molar-refractivity contribution in [2.24, 2.45) is 29.4 Å². The molecule has 2 N–H and O–H groups in total. The Hall–Kier alpha value is -0.300. The van der Waals surface area contributed by atoms with Gasteiger partial charge in [0.15, 0.2) is 0 Å². The van der Waals surface area contributed by atoms with Crippen LogP contribution < -0.4 is 5.73 Å². The van der Waals surface area contributed by atoms with E-state index in [9.17, 15) is 0 Å². The van der Waals surface area contributed by atoms with Gasteiger partial charge in [0, 0.05) is 6.04 Å². The summed E-state index contributed by atoms with van der Waals surface area (Å²) in [5.41, 5.74) is 6.20. The maximum atomic E-state index is 6.20. The van der Waals surface area contributed by atoms with E-state index in [4.69, 9.17) is 5.73 Å². The van der Waals surface area contributed by atoms with Crippen LogP contribution in [-0.2, 0) is 0 Å². The van der Waals surface area contributed by atoms with Crippen LogP contribution in [0.5, 0.6) is 0 Å². The van der Waals surface area contributed by atoms with Crippen LogP contribution in [0, 0.1) is 23.7 Å². The molecule has 0 spiro atoms. The Balaban J connectivity index is 2.55. The third kappa shape index (κ3) is 4.13. The first-order chi connectivity index (χ1) is 8.07. The number of allylic oxidation sites excluding steroid dienone is 1. The molecular formula is C16H31N. The Kier molecular flexibility index (Phi) is 6.26. The van der Waals surface area contributed by atoms with Crippen LogP contribution in [0.2, 0.25) is 0 Å². The first-order valence-corrected chi connectivity index (χ1v) is 7.50. The zero-order valence-electron chi connectivity index (χ0n) is 12.2. The van der Waals surface area contributed by atoms with Gasteiger partial charge < -0.3 is 5.73 Å². The molecular weight excluding hydrogens is 206 g/mol. The number of hydrogen-bond acceptors (Lipinski definition) is 1. The summed E-state index contributed by atoms with van der Waals surface area (Å²) in [7, 11) is 0. The smallest absolute Gasteiger partial charge is 0.0102 e. The molecule has 17 heavy (non-hydrogen) atoms. The Bertz CT molecular complexity index is 234. The third-order valence-electron chi connectivity index (χ3n) is 4.80. The van der Waals surface area contributed by atoms with Gasteiger partial charge in [-0.2, -0.15) is 0 Å². The molecule has 0 heterocycles. The highest BCUT2D eigenvalue weighted by Gasteiger charge is 2.30. The van der Waals surface area contributed by atoms with Crippen LogP contribution >= 0.6 is 0 Å². The molecule has 5 atom stereocenters. The minimum atomic E-state index is 0.356. The van der Waals surface area contributed by atoms with Crippen LogP contribution in [0.3, 0.4) is 0 Å². The Morgan fingerprint density at radius 1 is 1.24 bits per heavy atom. The van der Waals surface area contributed by atoms with Crippen LogP contribution in [0.15, 0.2) is 12.2 Å². The second-order valence-electron chi connectivity index (χ2n) is 6.10. The minimum Gasteiger partial charge on any atom is -0.327 e. The minimum absolute atomic E-state index is 0.356. The highest BCUT2D eigenvalue weighted by Crippen LogP contribution is 2.35. The summed E-state index contributed by atoms with van der Waals surface area (Å²) < 4.78 is 0. The molecule has 1 rings (SSSR count). The van der Waals surface area contributed by atoms with Gasteiger partial charge in [-0.25, -0.2) is 0 Å². The third-order valence-corrected chi connectivity index (χ3v) is 4.80. The van der Waals surface area contributed by atoms with Crippen molar-refractivity contribution in [3.8, 4) is 0 Å². The normalized spacial score (nSPS) is 35.6. The molecule has 0 bridgehead atoms. The molecule has 0 fully saturated rings.